The maximum Gasteiger partial charge on any atom is 0.220 e. The zero-order chi connectivity index (χ0) is 15.5. The van der Waals surface area contributed by atoms with E-state index in [1.807, 2.05) is 13.8 Å². The lowest BCUT2D eigenvalue weighted by Gasteiger charge is -2.25. The van der Waals surface area contributed by atoms with Crippen LogP contribution >= 0.6 is 0 Å². The fourth-order valence-corrected chi connectivity index (χ4v) is 1.73. The molecule has 0 aliphatic heterocycles. The molecule has 0 aromatic carbocycles. The van der Waals surface area contributed by atoms with Crippen LogP contribution < -0.4 is 5.32 Å². The molecule has 6 nitrogen and oxygen atoms in total. The van der Waals surface area contributed by atoms with E-state index < -0.39 is 24.9 Å². The van der Waals surface area contributed by atoms with Gasteiger partial charge in [-0.05, 0) is 19.8 Å². The van der Waals surface area contributed by atoms with Crippen LogP contribution in [0.3, 0.4) is 0 Å². The number of aliphatic imine (C=N–C) groups is 1. The molecule has 0 aromatic heterocycles. The van der Waals surface area contributed by atoms with Crippen LogP contribution in [-0.2, 0) is 4.79 Å². The number of carbonyl (C=O) groups is 1. The second-order valence-corrected chi connectivity index (χ2v) is 4.93. The van der Waals surface area contributed by atoms with Crippen LogP contribution in [0.1, 0.15) is 46.5 Å². The number of unbranched alkanes of at least 4 members (excludes halogenated alkanes) is 1. The largest absolute Gasteiger partial charge is 0.390 e. The summed E-state index contributed by atoms with van der Waals surface area (Å²) in [5.74, 6) is -0.167. The lowest BCUT2D eigenvalue weighted by atomic mass is 10.0. The Balaban J connectivity index is 4.51. The highest BCUT2D eigenvalue weighted by molar-refractivity contribution is 5.90. The molecule has 0 aliphatic carbocycles. The molecule has 0 bridgehead atoms. The third kappa shape index (κ3) is 6.98. The van der Waals surface area contributed by atoms with Gasteiger partial charge in [-0.25, -0.2) is 0 Å². The van der Waals surface area contributed by atoms with Crippen molar-refractivity contribution in [3.8, 4) is 0 Å². The van der Waals surface area contributed by atoms with E-state index in [-0.39, 0.29) is 11.6 Å². The predicted octanol–water partition coefficient (Wildman–Crippen LogP) is 0.246. The fraction of sp³-hybridized carbons (Fsp3) is 0.857. The van der Waals surface area contributed by atoms with Crippen molar-refractivity contribution in [3.63, 3.8) is 0 Å². The summed E-state index contributed by atoms with van der Waals surface area (Å²) < 4.78 is 0. The molecule has 4 N–H and O–H groups in total. The predicted molar refractivity (Wildman–Crippen MR) is 78.8 cm³/mol. The highest BCUT2D eigenvalue weighted by atomic mass is 16.3. The lowest BCUT2D eigenvalue weighted by Crippen LogP contribution is -2.50. The maximum absolute atomic E-state index is 11.4. The second kappa shape index (κ2) is 10.8. The van der Waals surface area contributed by atoms with Gasteiger partial charge in [-0.1, -0.05) is 20.3 Å². The average Bonchev–Trinajstić information content (AvgIpc) is 2.42. The third-order valence-corrected chi connectivity index (χ3v) is 3.03. The molecule has 3 atom stereocenters. The molecule has 0 aliphatic rings. The standard InChI is InChI=1S/C14H28N2O4/c1-4-6-8-15-11(9-17)14(20)13(19)10(3)16-12(18)7-5-2/h10,13-14,17,19-20H,4-9H2,1-3H3,(H,16,18)/t10-,13+,14+/m0/s1. The first kappa shape index (κ1) is 19.0. The van der Waals surface area contributed by atoms with Crippen molar-refractivity contribution in [3.05, 3.63) is 0 Å². The Morgan fingerprint density at radius 1 is 1.25 bits per heavy atom. The summed E-state index contributed by atoms with van der Waals surface area (Å²) in [6, 6.07) is -0.605. The molecule has 0 unspecified atom stereocenters. The molecule has 0 rings (SSSR count). The van der Waals surface area contributed by atoms with Crippen molar-refractivity contribution >= 4 is 11.6 Å². The highest BCUT2D eigenvalue weighted by Gasteiger charge is 2.27. The van der Waals surface area contributed by atoms with Gasteiger partial charge in [-0.2, -0.15) is 0 Å². The minimum Gasteiger partial charge on any atom is -0.390 e. The normalized spacial score (nSPS) is 16.6. The molecule has 0 spiro atoms. The third-order valence-electron chi connectivity index (χ3n) is 3.03. The molecular formula is C14H28N2O4. The molecular weight excluding hydrogens is 260 g/mol. The Bertz CT molecular complexity index is 308. The Hall–Kier alpha value is -0.980. The quantitative estimate of drug-likeness (QED) is 0.342. The summed E-state index contributed by atoms with van der Waals surface area (Å²) in [4.78, 5) is 15.5. The number of hydrogen-bond donors (Lipinski definition) is 4. The minimum absolute atomic E-state index is 0.155. The Kier molecular flexibility index (Phi) is 10.2. The Labute approximate surface area is 120 Å². The van der Waals surface area contributed by atoms with Gasteiger partial charge in [0.05, 0.1) is 18.4 Å². The average molecular weight is 288 g/mol. The maximum atomic E-state index is 11.4. The van der Waals surface area contributed by atoms with Crippen LogP contribution in [0.15, 0.2) is 4.99 Å². The molecule has 0 saturated heterocycles. The van der Waals surface area contributed by atoms with Gasteiger partial charge in [0.15, 0.2) is 0 Å². The van der Waals surface area contributed by atoms with E-state index in [9.17, 15) is 20.1 Å². The van der Waals surface area contributed by atoms with Crippen molar-refractivity contribution in [1.29, 1.82) is 0 Å². The number of nitrogens with one attached hydrogen (secondary N) is 1. The number of aliphatic hydroxyl groups is 3. The van der Waals surface area contributed by atoms with E-state index in [2.05, 4.69) is 10.3 Å². The van der Waals surface area contributed by atoms with Crippen LogP contribution in [0.5, 0.6) is 0 Å². The molecule has 6 heteroatoms. The van der Waals surface area contributed by atoms with Gasteiger partial charge >= 0.3 is 0 Å². The zero-order valence-electron chi connectivity index (χ0n) is 12.7. The number of aliphatic hydroxyl groups excluding tert-OH is 3. The van der Waals surface area contributed by atoms with Crippen LogP contribution in [-0.4, -0.2) is 58.3 Å². The summed E-state index contributed by atoms with van der Waals surface area (Å²) in [6.45, 7) is 5.62. The zero-order valence-corrected chi connectivity index (χ0v) is 12.7. The van der Waals surface area contributed by atoms with Crippen molar-refractivity contribution in [2.45, 2.75) is 64.7 Å². The summed E-state index contributed by atoms with van der Waals surface area (Å²) >= 11 is 0. The highest BCUT2D eigenvalue weighted by Crippen LogP contribution is 2.04. The topological polar surface area (TPSA) is 102 Å². The van der Waals surface area contributed by atoms with Gasteiger partial charge in [-0.15, -0.1) is 0 Å². The van der Waals surface area contributed by atoms with Crippen molar-refractivity contribution in [2.24, 2.45) is 4.99 Å². The van der Waals surface area contributed by atoms with Gasteiger partial charge in [-0.3, -0.25) is 9.79 Å². The van der Waals surface area contributed by atoms with Gasteiger partial charge in [0.25, 0.3) is 0 Å². The number of hydrogen-bond acceptors (Lipinski definition) is 5. The van der Waals surface area contributed by atoms with Crippen LogP contribution in [0.25, 0.3) is 0 Å². The van der Waals surface area contributed by atoms with E-state index in [1.165, 1.54) is 0 Å². The van der Waals surface area contributed by atoms with E-state index in [0.717, 1.165) is 19.3 Å². The van der Waals surface area contributed by atoms with E-state index in [1.54, 1.807) is 6.92 Å². The number of carbonyl (C=O) groups excluding carboxylic acids is 1. The molecule has 0 heterocycles. The SMILES string of the molecule is CCCCN=C(CO)[C@@H](O)[C@H](O)[C@H](C)NC(=O)CCC. The van der Waals surface area contributed by atoms with Gasteiger partial charge < -0.3 is 20.6 Å². The summed E-state index contributed by atoms with van der Waals surface area (Å²) in [6.07, 6.45) is 0.457. The molecule has 118 valence electrons. The monoisotopic (exact) mass is 288 g/mol. The molecule has 0 fully saturated rings. The number of nitrogens with zero attached hydrogens (tertiary/aromatic N) is 1. The van der Waals surface area contributed by atoms with Gasteiger partial charge in [0, 0.05) is 13.0 Å². The van der Waals surface area contributed by atoms with Gasteiger partial charge in [0.1, 0.15) is 12.2 Å². The van der Waals surface area contributed by atoms with Crippen LogP contribution in [0.2, 0.25) is 0 Å². The molecule has 0 radical (unpaired) electrons. The summed E-state index contributed by atoms with van der Waals surface area (Å²) in [5.41, 5.74) is 0.155. The molecule has 0 saturated carbocycles. The first-order valence-electron chi connectivity index (χ1n) is 7.27. The Morgan fingerprint density at radius 3 is 2.40 bits per heavy atom. The van der Waals surface area contributed by atoms with Crippen molar-refractivity contribution in [1.82, 2.24) is 5.32 Å². The van der Waals surface area contributed by atoms with E-state index >= 15 is 0 Å². The second-order valence-electron chi connectivity index (χ2n) is 4.93. The van der Waals surface area contributed by atoms with Crippen molar-refractivity contribution in [2.75, 3.05) is 13.2 Å². The lowest BCUT2D eigenvalue weighted by molar-refractivity contribution is -0.122. The minimum atomic E-state index is -1.27. The molecule has 1 amide bonds. The van der Waals surface area contributed by atoms with Crippen molar-refractivity contribution < 1.29 is 20.1 Å². The van der Waals surface area contributed by atoms with Gasteiger partial charge in [0.2, 0.25) is 5.91 Å². The molecule has 20 heavy (non-hydrogen) atoms. The fourth-order valence-electron chi connectivity index (χ4n) is 1.73. The Morgan fingerprint density at radius 2 is 1.90 bits per heavy atom. The van der Waals surface area contributed by atoms with E-state index in [4.69, 9.17) is 0 Å². The number of rotatable bonds is 10. The molecule has 0 aromatic rings. The summed E-state index contributed by atoms with van der Waals surface area (Å²) in [5, 5.41) is 31.8. The first-order valence-corrected chi connectivity index (χ1v) is 7.27. The van der Waals surface area contributed by atoms with Crippen LogP contribution in [0, 0.1) is 0 Å². The smallest absolute Gasteiger partial charge is 0.220 e. The summed E-state index contributed by atoms with van der Waals surface area (Å²) in [7, 11) is 0. The van der Waals surface area contributed by atoms with Crippen LogP contribution in [0.4, 0.5) is 0 Å². The number of amides is 1. The first-order chi connectivity index (χ1) is 9.47. The van der Waals surface area contributed by atoms with E-state index in [0.29, 0.717) is 13.0 Å².